The van der Waals surface area contributed by atoms with Crippen LogP contribution in [0.25, 0.3) is 32.9 Å². The van der Waals surface area contributed by atoms with Crippen molar-refractivity contribution in [3.05, 3.63) is 47.7 Å². The molecular formula is C35H36F3N5O4. The lowest BCUT2D eigenvalue weighted by Crippen LogP contribution is -2.43. The van der Waals surface area contributed by atoms with Crippen molar-refractivity contribution in [1.29, 1.82) is 0 Å². The molecular weight excluding hydrogens is 611 g/mol. The number of aromatic nitrogens is 3. The first-order valence-electron chi connectivity index (χ1n) is 16.4. The number of hydrogen-bond donors (Lipinski definition) is 2. The lowest BCUT2D eigenvalue weighted by atomic mass is 9.94. The molecule has 8 rings (SSSR count). The molecule has 4 aromatic rings. The van der Waals surface area contributed by atoms with Crippen molar-refractivity contribution >= 4 is 33.5 Å². The molecule has 9 nitrogen and oxygen atoms in total. The van der Waals surface area contributed by atoms with E-state index in [0.717, 1.165) is 19.4 Å². The molecule has 1 aliphatic carbocycles. The number of aromatic hydroxyl groups is 1. The van der Waals surface area contributed by atoms with E-state index in [1.807, 2.05) is 11.8 Å². The summed E-state index contributed by atoms with van der Waals surface area (Å²) in [5.74, 6) is -1.66. The van der Waals surface area contributed by atoms with Crippen molar-refractivity contribution in [3.8, 4) is 23.0 Å². The molecule has 0 amide bonds. The fourth-order valence-electron chi connectivity index (χ4n) is 8.60. The highest BCUT2D eigenvalue weighted by molar-refractivity contribution is 6.01. The summed E-state index contributed by atoms with van der Waals surface area (Å²) in [6.07, 6.45) is 4.67. The SMILES string of the molecule is CCc1c(F)ccc2cc(O)cc(-c3ncc4c(N5CCC6CC6(C(=O)O)CC5)nc(OC[C@@]56CCCN5C[C@H](F)C6)nc4c3F)c12. The van der Waals surface area contributed by atoms with Crippen LogP contribution in [-0.2, 0) is 11.2 Å². The molecule has 1 saturated carbocycles. The first kappa shape index (κ1) is 30.2. The fraction of sp³-hybridized carbons (Fsp3) is 0.486. The Morgan fingerprint density at radius 1 is 1.13 bits per heavy atom. The minimum absolute atomic E-state index is 0.0566. The van der Waals surface area contributed by atoms with Crippen molar-refractivity contribution in [1.82, 2.24) is 19.9 Å². The molecule has 0 bridgehead atoms. The fourth-order valence-corrected chi connectivity index (χ4v) is 8.60. The molecule has 4 fully saturated rings. The van der Waals surface area contributed by atoms with Crippen LogP contribution in [-0.4, -0.2) is 80.5 Å². The van der Waals surface area contributed by atoms with Gasteiger partial charge < -0.3 is 19.8 Å². The summed E-state index contributed by atoms with van der Waals surface area (Å²) < 4.78 is 52.5. The molecule has 2 aromatic carbocycles. The smallest absolute Gasteiger partial charge is 0.319 e. The van der Waals surface area contributed by atoms with E-state index in [2.05, 4.69) is 14.9 Å². The minimum atomic E-state index is -0.946. The van der Waals surface area contributed by atoms with Crippen LogP contribution in [0.1, 0.15) is 51.0 Å². The van der Waals surface area contributed by atoms with Gasteiger partial charge in [0.15, 0.2) is 5.82 Å². The van der Waals surface area contributed by atoms with Gasteiger partial charge in [0.1, 0.15) is 41.4 Å². The average molecular weight is 648 g/mol. The highest BCUT2D eigenvalue weighted by Gasteiger charge is 2.60. The predicted octanol–water partition coefficient (Wildman–Crippen LogP) is 6.04. The standard InChI is InChI=1S/C35H36F3N5O4/c1-2-23-26(37)5-4-19-12-22(44)13-24(27(19)23)29-28(38)30-25(16-39-29)31(42-10-6-20-14-35(20,8-11-42)32(45)46)41-33(40-30)47-18-34-7-3-9-43(34)17-21(36)15-34/h4-5,12-13,16,20-21,44H,2-3,6-11,14-15,17-18H2,1H3,(H,45,46)/t20?,21-,34+,35?/m1/s1. The van der Waals surface area contributed by atoms with Crippen LogP contribution in [0, 0.1) is 23.0 Å². The lowest BCUT2D eigenvalue weighted by Gasteiger charge is -2.31. The van der Waals surface area contributed by atoms with Gasteiger partial charge in [0.2, 0.25) is 0 Å². The van der Waals surface area contributed by atoms with Crippen molar-refractivity contribution in [3.63, 3.8) is 0 Å². The molecule has 0 spiro atoms. The van der Waals surface area contributed by atoms with Gasteiger partial charge >= 0.3 is 12.0 Å². The number of anilines is 1. The van der Waals surface area contributed by atoms with E-state index in [9.17, 15) is 23.8 Å². The maximum atomic E-state index is 16.9. The van der Waals surface area contributed by atoms with E-state index < -0.39 is 34.7 Å². The lowest BCUT2D eigenvalue weighted by molar-refractivity contribution is -0.144. The average Bonchev–Trinajstić information content (AvgIpc) is 3.57. The molecule has 2 aromatic heterocycles. The zero-order valence-corrected chi connectivity index (χ0v) is 26.1. The topological polar surface area (TPSA) is 112 Å². The van der Waals surface area contributed by atoms with Gasteiger partial charge in [0.05, 0.1) is 16.3 Å². The quantitative estimate of drug-likeness (QED) is 0.248. The Morgan fingerprint density at radius 3 is 2.79 bits per heavy atom. The first-order chi connectivity index (χ1) is 22.6. The molecule has 4 atom stereocenters. The highest BCUT2D eigenvalue weighted by Crippen LogP contribution is 2.59. The normalized spacial score (nSPS) is 27.2. The predicted molar refractivity (Wildman–Crippen MR) is 169 cm³/mol. The first-order valence-corrected chi connectivity index (χ1v) is 16.4. The van der Waals surface area contributed by atoms with Crippen molar-refractivity contribution in [2.75, 3.05) is 37.7 Å². The van der Waals surface area contributed by atoms with Crippen LogP contribution >= 0.6 is 0 Å². The number of carbonyl (C=O) groups is 1. The van der Waals surface area contributed by atoms with E-state index in [1.54, 1.807) is 6.07 Å². The number of phenolic OH excluding ortho intramolecular Hbond substituents is 1. The van der Waals surface area contributed by atoms with Crippen LogP contribution in [0.2, 0.25) is 0 Å². The van der Waals surface area contributed by atoms with Gasteiger partial charge in [-0.1, -0.05) is 13.0 Å². The molecule has 2 N–H and O–H groups in total. The molecule has 4 aliphatic rings. The molecule has 0 radical (unpaired) electrons. The number of hydrogen-bond acceptors (Lipinski definition) is 8. The van der Waals surface area contributed by atoms with Crippen LogP contribution < -0.4 is 9.64 Å². The van der Waals surface area contributed by atoms with E-state index >= 15 is 4.39 Å². The van der Waals surface area contributed by atoms with Gasteiger partial charge in [-0.05, 0) is 85.5 Å². The summed E-state index contributed by atoms with van der Waals surface area (Å²) in [4.78, 5) is 30.0. The Balaban J connectivity index is 1.25. The molecule has 12 heteroatoms. The number of alkyl halides is 1. The molecule has 2 unspecified atom stereocenters. The van der Waals surface area contributed by atoms with Gasteiger partial charge in [-0.15, -0.1) is 0 Å². The number of nitrogens with zero attached hydrogens (tertiary/aromatic N) is 5. The third-order valence-electron chi connectivity index (χ3n) is 11.2. The molecule has 47 heavy (non-hydrogen) atoms. The van der Waals surface area contributed by atoms with Crippen LogP contribution in [0.4, 0.5) is 19.0 Å². The second-order valence-corrected chi connectivity index (χ2v) is 13.7. The van der Waals surface area contributed by atoms with E-state index in [0.29, 0.717) is 79.3 Å². The van der Waals surface area contributed by atoms with Crippen LogP contribution in [0.15, 0.2) is 30.5 Å². The number of benzene rings is 2. The van der Waals surface area contributed by atoms with E-state index in [1.165, 1.54) is 24.4 Å². The van der Waals surface area contributed by atoms with Crippen molar-refractivity contribution in [2.24, 2.45) is 11.3 Å². The van der Waals surface area contributed by atoms with Gasteiger partial charge in [0, 0.05) is 37.8 Å². The van der Waals surface area contributed by atoms with Gasteiger partial charge in [-0.3, -0.25) is 14.7 Å². The monoisotopic (exact) mass is 647 g/mol. The summed E-state index contributed by atoms with van der Waals surface area (Å²) >= 11 is 0. The summed E-state index contributed by atoms with van der Waals surface area (Å²) in [5.41, 5.74) is -0.764. The number of carboxylic acids is 1. The maximum absolute atomic E-state index is 16.9. The number of aryl methyl sites for hydroxylation is 1. The minimum Gasteiger partial charge on any atom is -0.508 e. The number of aliphatic carboxylic acids is 1. The number of rotatable bonds is 7. The van der Waals surface area contributed by atoms with Gasteiger partial charge in [0.25, 0.3) is 0 Å². The summed E-state index contributed by atoms with van der Waals surface area (Å²) in [6.45, 7) is 4.02. The van der Waals surface area contributed by atoms with E-state index in [-0.39, 0.29) is 41.1 Å². The van der Waals surface area contributed by atoms with Crippen molar-refractivity contribution < 1.29 is 32.9 Å². The molecule has 5 heterocycles. The highest BCUT2D eigenvalue weighted by atomic mass is 19.1. The Kier molecular flexibility index (Phi) is 7.02. The Morgan fingerprint density at radius 2 is 1.98 bits per heavy atom. The Labute approximate surface area is 269 Å². The summed E-state index contributed by atoms with van der Waals surface area (Å²) in [7, 11) is 0. The number of pyridine rings is 1. The van der Waals surface area contributed by atoms with Crippen LogP contribution in [0.5, 0.6) is 11.8 Å². The van der Waals surface area contributed by atoms with Crippen molar-refractivity contribution in [2.45, 2.75) is 63.6 Å². The van der Waals surface area contributed by atoms with Gasteiger partial charge in [-0.25, -0.2) is 13.2 Å². The zero-order chi connectivity index (χ0) is 32.7. The maximum Gasteiger partial charge on any atom is 0.319 e. The molecule has 3 aliphatic heterocycles. The number of ether oxygens (including phenoxy) is 1. The Hall–Kier alpha value is -4.19. The second kappa shape index (κ2) is 10.9. The van der Waals surface area contributed by atoms with E-state index in [4.69, 9.17) is 9.72 Å². The number of fused-ring (bicyclic) bond motifs is 4. The Bertz CT molecular complexity index is 1940. The van der Waals surface area contributed by atoms with Crippen LogP contribution in [0.3, 0.4) is 0 Å². The summed E-state index contributed by atoms with van der Waals surface area (Å²) in [6, 6.07) is 5.70. The van der Waals surface area contributed by atoms with Gasteiger partial charge in [-0.2, -0.15) is 9.97 Å². The number of phenols is 1. The number of halogens is 3. The molecule has 246 valence electrons. The second-order valence-electron chi connectivity index (χ2n) is 13.7. The zero-order valence-electron chi connectivity index (χ0n) is 26.1. The molecule has 3 saturated heterocycles. The third-order valence-corrected chi connectivity index (χ3v) is 11.2. The summed E-state index contributed by atoms with van der Waals surface area (Å²) in [5, 5.41) is 21.8. The third kappa shape index (κ3) is 4.77. The largest absolute Gasteiger partial charge is 0.508 e. The number of carboxylic acid groups (broad SMARTS) is 1.